The van der Waals surface area contributed by atoms with E-state index in [2.05, 4.69) is 4.98 Å². The molecule has 6 nitrogen and oxygen atoms in total. The Morgan fingerprint density at radius 2 is 2.05 bits per heavy atom. The summed E-state index contributed by atoms with van der Waals surface area (Å²) in [5.74, 6) is -0.436. The molecule has 0 aliphatic carbocycles. The molecule has 0 aromatic carbocycles. The summed E-state index contributed by atoms with van der Waals surface area (Å²) >= 11 is 1.03. The molecule has 0 aliphatic rings. The molecular formula is C15H18N2O4S. The smallest absolute Gasteiger partial charge is 0.346 e. The Hall–Kier alpha value is -2.02. The maximum atomic E-state index is 12.7. The summed E-state index contributed by atoms with van der Waals surface area (Å²) in [5.41, 5.74) is 0.195. The van der Waals surface area contributed by atoms with E-state index in [1.807, 2.05) is 6.92 Å². The van der Waals surface area contributed by atoms with Crippen LogP contribution in [0.5, 0.6) is 0 Å². The topological polar surface area (TPSA) is 89.3 Å². The highest BCUT2D eigenvalue weighted by molar-refractivity contribution is 7.20. The molecule has 7 heteroatoms. The van der Waals surface area contributed by atoms with E-state index in [0.717, 1.165) is 17.8 Å². The normalized spacial score (nSPS) is 11.0. The summed E-state index contributed by atoms with van der Waals surface area (Å²) in [4.78, 5) is 40.3. The molecular weight excluding hydrogens is 304 g/mol. The summed E-state index contributed by atoms with van der Waals surface area (Å²) in [6.45, 7) is 5.37. The van der Waals surface area contributed by atoms with E-state index in [1.54, 1.807) is 6.92 Å². The summed E-state index contributed by atoms with van der Waals surface area (Å²) in [6, 6.07) is 0. The van der Waals surface area contributed by atoms with Crippen molar-refractivity contribution >= 4 is 33.3 Å². The van der Waals surface area contributed by atoms with Crippen molar-refractivity contribution in [3.8, 4) is 0 Å². The highest BCUT2D eigenvalue weighted by Gasteiger charge is 2.20. The molecule has 1 N–H and O–H groups in total. The van der Waals surface area contributed by atoms with Crippen LogP contribution in [0.2, 0.25) is 0 Å². The molecule has 0 spiro atoms. The Labute approximate surface area is 131 Å². The van der Waals surface area contributed by atoms with Gasteiger partial charge in [0.2, 0.25) is 0 Å². The second-order valence-electron chi connectivity index (χ2n) is 5.23. The van der Waals surface area contributed by atoms with Gasteiger partial charge in [0, 0.05) is 19.4 Å². The summed E-state index contributed by atoms with van der Waals surface area (Å²) in [7, 11) is 0. The molecule has 118 valence electrons. The number of ketones is 1. The molecule has 2 aromatic heterocycles. The van der Waals surface area contributed by atoms with Crippen molar-refractivity contribution in [2.24, 2.45) is 0 Å². The number of hydrogen-bond donors (Lipinski definition) is 1. The van der Waals surface area contributed by atoms with Crippen LogP contribution in [-0.4, -0.2) is 26.4 Å². The molecule has 2 heterocycles. The maximum absolute atomic E-state index is 12.7. The van der Waals surface area contributed by atoms with E-state index >= 15 is 0 Å². The van der Waals surface area contributed by atoms with Crippen LogP contribution < -0.4 is 5.56 Å². The largest absolute Gasteiger partial charge is 0.477 e. The van der Waals surface area contributed by atoms with Crippen molar-refractivity contribution in [3.63, 3.8) is 0 Å². The lowest BCUT2D eigenvalue weighted by atomic mass is 10.2. The predicted molar refractivity (Wildman–Crippen MR) is 84.9 cm³/mol. The minimum atomic E-state index is -1.05. The number of hydrogen-bond acceptors (Lipinski definition) is 5. The molecule has 2 rings (SSSR count). The highest BCUT2D eigenvalue weighted by atomic mass is 32.1. The Kier molecular flexibility index (Phi) is 4.75. The molecule has 0 aliphatic heterocycles. The highest BCUT2D eigenvalue weighted by Crippen LogP contribution is 2.27. The van der Waals surface area contributed by atoms with Crippen LogP contribution in [0.4, 0.5) is 0 Å². The lowest BCUT2D eigenvalue weighted by Gasteiger charge is -2.11. The van der Waals surface area contributed by atoms with Crippen molar-refractivity contribution in [2.45, 2.75) is 46.6 Å². The van der Waals surface area contributed by atoms with Crippen molar-refractivity contribution in [2.75, 3.05) is 0 Å². The van der Waals surface area contributed by atoms with E-state index in [-0.39, 0.29) is 29.2 Å². The van der Waals surface area contributed by atoms with Crippen LogP contribution in [0.1, 0.15) is 47.7 Å². The van der Waals surface area contributed by atoms with Gasteiger partial charge < -0.3 is 5.11 Å². The zero-order valence-electron chi connectivity index (χ0n) is 12.8. The third-order valence-electron chi connectivity index (χ3n) is 3.48. The average Bonchev–Trinajstić information content (AvgIpc) is 2.76. The van der Waals surface area contributed by atoms with E-state index in [1.165, 1.54) is 11.5 Å². The first-order chi connectivity index (χ1) is 10.4. The second-order valence-corrected chi connectivity index (χ2v) is 6.23. The van der Waals surface area contributed by atoms with E-state index in [4.69, 9.17) is 0 Å². The number of carbonyl (C=O) groups excluding carboxylic acids is 1. The molecule has 0 saturated heterocycles. The SMILES string of the molecule is CCCc1nc2sc(C(=O)O)c(C)c2c(=O)n1CCC(C)=O. The number of rotatable bonds is 6. The van der Waals surface area contributed by atoms with Gasteiger partial charge in [-0.15, -0.1) is 11.3 Å². The lowest BCUT2D eigenvalue weighted by Crippen LogP contribution is -2.26. The molecule has 0 radical (unpaired) electrons. The first kappa shape index (κ1) is 16.4. The Morgan fingerprint density at radius 1 is 1.36 bits per heavy atom. The minimum Gasteiger partial charge on any atom is -0.477 e. The number of aromatic carboxylic acids is 1. The number of carbonyl (C=O) groups is 2. The van der Waals surface area contributed by atoms with Crippen molar-refractivity contribution in [1.82, 2.24) is 9.55 Å². The fourth-order valence-corrected chi connectivity index (χ4v) is 3.41. The molecule has 0 unspecified atom stereocenters. The number of Topliss-reactive ketones (excluding diaryl/α,β-unsaturated/α-hetero) is 1. The summed E-state index contributed by atoms with van der Waals surface area (Å²) in [6.07, 6.45) is 1.69. The maximum Gasteiger partial charge on any atom is 0.346 e. The van der Waals surface area contributed by atoms with Gasteiger partial charge in [-0.05, 0) is 25.8 Å². The first-order valence-corrected chi connectivity index (χ1v) is 7.94. The number of fused-ring (bicyclic) bond motifs is 1. The third-order valence-corrected chi connectivity index (χ3v) is 4.66. The van der Waals surface area contributed by atoms with Gasteiger partial charge in [0.25, 0.3) is 5.56 Å². The van der Waals surface area contributed by atoms with Gasteiger partial charge in [-0.3, -0.25) is 14.2 Å². The quantitative estimate of drug-likeness (QED) is 0.882. The van der Waals surface area contributed by atoms with Gasteiger partial charge in [0.15, 0.2) is 0 Å². The third kappa shape index (κ3) is 2.94. The molecule has 0 saturated carbocycles. The van der Waals surface area contributed by atoms with Gasteiger partial charge in [-0.1, -0.05) is 6.92 Å². The molecule has 0 amide bonds. The van der Waals surface area contributed by atoms with Crippen LogP contribution in [-0.2, 0) is 17.8 Å². The van der Waals surface area contributed by atoms with E-state index < -0.39 is 5.97 Å². The van der Waals surface area contributed by atoms with Crippen LogP contribution in [0, 0.1) is 6.92 Å². The summed E-state index contributed by atoms with van der Waals surface area (Å²) < 4.78 is 1.51. The van der Waals surface area contributed by atoms with Gasteiger partial charge >= 0.3 is 5.97 Å². The average molecular weight is 322 g/mol. The Morgan fingerprint density at radius 3 is 2.59 bits per heavy atom. The number of carboxylic acid groups (broad SMARTS) is 1. The van der Waals surface area contributed by atoms with Crippen LogP contribution in [0.25, 0.3) is 10.2 Å². The first-order valence-electron chi connectivity index (χ1n) is 7.12. The lowest BCUT2D eigenvalue weighted by molar-refractivity contribution is -0.117. The Balaban J connectivity index is 2.70. The molecule has 0 fully saturated rings. The van der Waals surface area contributed by atoms with Gasteiger partial charge in [0.1, 0.15) is 21.3 Å². The zero-order valence-corrected chi connectivity index (χ0v) is 13.6. The fraction of sp³-hybridized carbons (Fsp3) is 0.467. The van der Waals surface area contributed by atoms with Crippen molar-refractivity contribution < 1.29 is 14.7 Å². The standard InChI is InChI=1S/C15H18N2O4S/c1-4-5-10-16-13-11(9(3)12(22-13)15(20)21)14(19)17(10)7-6-8(2)18/h4-7H2,1-3H3,(H,20,21). The van der Waals surface area contributed by atoms with Crippen LogP contribution in [0.15, 0.2) is 4.79 Å². The fourth-order valence-electron chi connectivity index (χ4n) is 2.38. The molecule has 2 aromatic rings. The number of thiophene rings is 1. The van der Waals surface area contributed by atoms with Crippen LogP contribution >= 0.6 is 11.3 Å². The number of aromatic nitrogens is 2. The van der Waals surface area contributed by atoms with Crippen molar-refractivity contribution in [1.29, 1.82) is 0 Å². The van der Waals surface area contributed by atoms with Crippen LogP contribution in [0.3, 0.4) is 0 Å². The summed E-state index contributed by atoms with van der Waals surface area (Å²) in [5, 5.41) is 9.56. The molecule has 0 bridgehead atoms. The second kappa shape index (κ2) is 6.39. The predicted octanol–water partition coefficient (Wildman–Crippen LogP) is 2.40. The minimum absolute atomic E-state index is 0.00251. The van der Waals surface area contributed by atoms with Crippen molar-refractivity contribution in [3.05, 3.63) is 26.6 Å². The molecule has 22 heavy (non-hydrogen) atoms. The monoisotopic (exact) mass is 322 g/mol. The van der Waals surface area contributed by atoms with Gasteiger partial charge in [0.05, 0.1) is 5.39 Å². The zero-order chi connectivity index (χ0) is 16.4. The van der Waals surface area contributed by atoms with E-state index in [9.17, 15) is 19.5 Å². The van der Waals surface area contributed by atoms with Gasteiger partial charge in [-0.2, -0.15) is 0 Å². The van der Waals surface area contributed by atoms with Gasteiger partial charge in [-0.25, -0.2) is 9.78 Å². The number of nitrogens with zero attached hydrogens (tertiary/aromatic N) is 2. The number of aryl methyl sites for hydroxylation is 2. The number of carboxylic acids is 1. The molecule has 0 atom stereocenters. The van der Waals surface area contributed by atoms with E-state index in [0.29, 0.717) is 28.0 Å². The Bertz CT molecular complexity index is 804.